The van der Waals surface area contributed by atoms with Crippen LogP contribution in [0.3, 0.4) is 0 Å². The van der Waals surface area contributed by atoms with Crippen LogP contribution in [-0.2, 0) is 16.3 Å². The first kappa shape index (κ1) is 19.0. The van der Waals surface area contributed by atoms with Gasteiger partial charge in [-0.15, -0.1) is 0 Å². The molecule has 0 amide bonds. The van der Waals surface area contributed by atoms with Crippen molar-refractivity contribution in [2.45, 2.75) is 38.0 Å². The molecule has 1 N–H and O–H groups in total. The Kier molecular flexibility index (Phi) is 5.19. The number of benzene rings is 1. The van der Waals surface area contributed by atoms with Gasteiger partial charge in [-0.25, -0.2) is 8.42 Å². The molecule has 0 aliphatic carbocycles. The van der Waals surface area contributed by atoms with Crippen molar-refractivity contribution in [1.29, 1.82) is 0 Å². The van der Waals surface area contributed by atoms with Crippen LogP contribution >= 0.6 is 0 Å². The molecule has 1 fully saturated rings. The van der Waals surface area contributed by atoms with Gasteiger partial charge >= 0.3 is 0 Å². The van der Waals surface area contributed by atoms with E-state index in [-0.39, 0.29) is 5.75 Å². The van der Waals surface area contributed by atoms with Crippen LogP contribution in [0.5, 0.6) is 0 Å². The van der Waals surface area contributed by atoms with Crippen molar-refractivity contribution in [3.63, 3.8) is 0 Å². The largest absolute Gasteiger partial charge is 0.367 e. The van der Waals surface area contributed by atoms with Crippen molar-refractivity contribution < 1.29 is 8.42 Å². The van der Waals surface area contributed by atoms with Crippen molar-refractivity contribution in [1.82, 2.24) is 10.2 Å². The van der Waals surface area contributed by atoms with Crippen molar-refractivity contribution >= 4 is 21.5 Å². The zero-order chi connectivity index (χ0) is 18.9. The van der Waals surface area contributed by atoms with E-state index in [0.717, 1.165) is 25.5 Å². The van der Waals surface area contributed by atoms with Crippen LogP contribution < -0.4 is 10.2 Å². The fourth-order valence-electron chi connectivity index (χ4n) is 3.92. The quantitative estimate of drug-likeness (QED) is 0.638. The monoisotopic (exact) mass is 378 g/mol. The molecular formula is C19H30N4O2S. The summed E-state index contributed by atoms with van der Waals surface area (Å²) in [6.07, 6.45) is 1.09. The molecule has 2 aliphatic rings. The molecule has 26 heavy (non-hydrogen) atoms. The van der Waals surface area contributed by atoms with Crippen LogP contribution in [0.2, 0.25) is 0 Å². The molecule has 0 saturated carbocycles. The second-order valence-corrected chi connectivity index (χ2v) is 10.6. The Hall–Kier alpha value is -1.76. The van der Waals surface area contributed by atoms with Gasteiger partial charge in [0.05, 0.1) is 10.5 Å². The Labute approximate surface area is 157 Å². The molecule has 0 radical (unpaired) electrons. The maximum atomic E-state index is 12.2. The van der Waals surface area contributed by atoms with Crippen molar-refractivity contribution in [3.8, 4) is 0 Å². The number of anilines is 1. The molecule has 144 valence electrons. The molecule has 6 nitrogen and oxygen atoms in total. The van der Waals surface area contributed by atoms with E-state index in [1.807, 2.05) is 0 Å². The first-order chi connectivity index (χ1) is 12.2. The molecule has 0 aromatic heterocycles. The van der Waals surface area contributed by atoms with E-state index in [4.69, 9.17) is 0 Å². The fourth-order valence-corrected chi connectivity index (χ4v) is 5.28. The van der Waals surface area contributed by atoms with Crippen molar-refractivity contribution in [2.75, 3.05) is 43.9 Å². The van der Waals surface area contributed by atoms with Gasteiger partial charge in [0.1, 0.15) is 0 Å². The molecule has 3 rings (SSSR count). The highest BCUT2D eigenvalue weighted by atomic mass is 32.2. The topological polar surface area (TPSA) is 65.0 Å². The van der Waals surface area contributed by atoms with E-state index in [1.165, 1.54) is 11.3 Å². The molecule has 2 heterocycles. The summed E-state index contributed by atoms with van der Waals surface area (Å²) in [7, 11) is -1.29. The molecular weight excluding hydrogens is 348 g/mol. The predicted molar refractivity (Wildman–Crippen MR) is 108 cm³/mol. The first-order valence-corrected chi connectivity index (χ1v) is 10.9. The normalized spacial score (nSPS) is 24.5. The number of guanidine groups is 1. The number of nitrogens with zero attached hydrogens (tertiary/aromatic N) is 3. The minimum absolute atomic E-state index is 0.178. The summed E-state index contributed by atoms with van der Waals surface area (Å²) in [5.41, 5.74) is 2.73. The van der Waals surface area contributed by atoms with Crippen LogP contribution in [0.1, 0.15) is 26.3 Å². The van der Waals surface area contributed by atoms with Gasteiger partial charge in [-0.3, -0.25) is 4.99 Å². The van der Waals surface area contributed by atoms with Crippen molar-refractivity contribution in [2.24, 2.45) is 4.99 Å². The van der Waals surface area contributed by atoms with Crippen LogP contribution in [-0.4, -0.2) is 69.0 Å². The van der Waals surface area contributed by atoms with Gasteiger partial charge in [-0.1, -0.05) is 18.2 Å². The number of hydrogen-bond donors (Lipinski definition) is 1. The number of sulfone groups is 1. The Balaban J connectivity index is 1.59. The SMILES string of the molecule is CN=C(NCCN1c2ccccc2CC1C)N1CCS(=O)(=O)C(C)(C)C1. The lowest BCUT2D eigenvalue weighted by Crippen LogP contribution is -2.57. The van der Waals surface area contributed by atoms with Gasteiger partial charge in [0.25, 0.3) is 0 Å². The molecule has 1 atom stereocenters. The summed E-state index contributed by atoms with van der Waals surface area (Å²) in [5.74, 6) is 0.963. The Bertz CT molecular complexity index is 788. The highest BCUT2D eigenvalue weighted by Crippen LogP contribution is 2.31. The van der Waals surface area contributed by atoms with E-state index in [0.29, 0.717) is 19.1 Å². The smallest absolute Gasteiger partial charge is 0.193 e. The number of para-hydroxylation sites is 1. The van der Waals surface area contributed by atoms with Gasteiger partial charge in [-0.2, -0.15) is 0 Å². The molecule has 1 aromatic carbocycles. The standard InChI is InChI=1S/C19H30N4O2S/c1-15-13-16-7-5-6-8-17(16)23(15)10-9-21-18(20-4)22-11-12-26(24,25)19(2,3)14-22/h5-8,15H,9-14H2,1-4H3,(H,20,21). The highest BCUT2D eigenvalue weighted by Gasteiger charge is 2.41. The third-order valence-corrected chi connectivity index (χ3v) is 8.07. The summed E-state index contributed by atoms with van der Waals surface area (Å²) < 4.78 is 23.7. The zero-order valence-electron chi connectivity index (χ0n) is 16.2. The highest BCUT2D eigenvalue weighted by molar-refractivity contribution is 7.92. The Morgan fingerprint density at radius 2 is 2.08 bits per heavy atom. The third kappa shape index (κ3) is 3.54. The summed E-state index contributed by atoms with van der Waals surface area (Å²) >= 11 is 0. The number of fused-ring (bicyclic) bond motifs is 1. The molecule has 0 spiro atoms. The van der Waals surface area contributed by atoms with Crippen LogP contribution in [0.25, 0.3) is 0 Å². The summed E-state index contributed by atoms with van der Waals surface area (Å²) in [6.45, 7) is 8.48. The minimum atomic E-state index is -3.04. The van der Waals surface area contributed by atoms with Gasteiger partial charge in [0.15, 0.2) is 15.8 Å². The Morgan fingerprint density at radius 1 is 1.35 bits per heavy atom. The summed E-state index contributed by atoms with van der Waals surface area (Å²) in [5, 5.41) is 3.42. The number of aliphatic imine (C=N–C) groups is 1. The maximum Gasteiger partial charge on any atom is 0.193 e. The molecule has 1 aromatic rings. The lowest BCUT2D eigenvalue weighted by atomic mass is 10.1. The van der Waals surface area contributed by atoms with E-state index >= 15 is 0 Å². The maximum absolute atomic E-state index is 12.2. The second kappa shape index (κ2) is 7.10. The second-order valence-electron chi connectivity index (χ2n) is 7.85. The average Bonchev–Trinajstić information content (AvgIpc) is 2.90. The zero-order valence-corrected chi connectivity index (χ0v) is 17.0. The lowest BCUT2D eigenvalue weighted by Gasteiger charge is -2.39. The summed E-state index contributed by atoms with van der Waals surface area (Å²) in [6, 6.07) is 9.07. The molecule has 7 heteroatoms. The van der Waals surface area contributed by atoms with Gasteiger partial charge < -0.3 is 15.1 Å². The van der Waals surface area contributed by atoms with E-state index in [9.17, 15) is 8.42 Å². The number of hydrogen-bond acceptors (Lipinski definition) is 4. The van der Waals surface area contributed by atoms with Crippen LogP contribution in [0.15, 0.2) is 29.3 Å². The van der Waals surface area contributed by atoms with Gasteiger partial charge in [0.2, 0.25) is 0 Å². The van der Waals surface area contributed by atoms with Gasteiger partial charge in [-0.05, 0) is 38.8 Å². The predicted octanol–water partition coefficient (Wildman–Crippen LogP) is 1.52. The molecule has 0 bridgehead atoms. The number of nitrogens with one attached hydrogen (secondary N) is 1. The van der Waals surface area contributed by atoms with E-state index < -0.39 is 14.6 Å². The average molecular weight is 379 g/mol. The Morgan fingerprint density at radius 3 is 2.77 bits per heavy atom. The van der Waals surface area contributed by atoms with Crippen molar-refractivity contribution in [3.05, 3.63) is 29.8 Å². The lowest BCUT2D eigenvalue weighted by molar-refractivity contribution is 0.353. The van der Waals surface area contributed by atoms with E-state index in [1.54, 1.807) is 20.9 Å². The molecule has 2 aliphatic heterocycles. The number of rotatable bonds is 3. The third-order valence-electron chi connectivity index (χ3n) is 5.54. The van der Waals surface area contributed by atoms with Crippen LogP contribution in [0.4, 0.5) is 5.69 Å². The minimum Gasteiger partial charge on any atom is -0.367 e. The van der Waals surface area contributed by atoms with Crippen LogP contribution in [0, 0.1) is 0 Å². The first-order valence-electron chi connectivity index (χ1n) is 9.27. The fraction of sp³-hybridized carbons (Fsp3) is 0.632. The van der Waals surface area contributed by atoms with E-state index in [2.05, 4.69) is 51.3 Å². The van der Waals surface area contributed by atoms with Gasteiger partial charge in [0, 0.05) is 45.0 Å². The molecule has 1 unspecified atom stereocenters. The summed E-state index contributed by atoms with van der Waals surface area (Å²) in [4.78, 5) is 8.86. The molecule has 1 saturated heterocycles.